The molecule has 1 heterocycles. The Morgan fingerprint density at radius 2 is 1.90 bits per heavy atom. The van der Waals surface area contributed by atoms with Gasteiger partial charge in [0.2, 0.25) is 11.8 Å². The van der Waals surface area contributed by atoms with Crippen LogP contribution in [0.15, 0.2) is 0 Å². The van der Waals surface area contributed by atoms with E-state index in [1.54, 1.807) is 0 Å². The molecule has 0 aromatic heterocycles. The SMILES string of the molecule is CC(C)CCCCN1CCC(=O)NC(C(C)(C)C)C1=O. The maximum atomic E-state index is 12.6. The molecule has 0 aromatic rings. The van der Waals surface area contributed by atoms with Gasteiger partial charge in [-0.2, -0.15) is 0 Å². The molecular formula is C16H30N2O2. The van der Waals surface area contributed by atoms with Crippen LogP contribution in [0.25, 0.3) is 0 Å². The van der Waals surface area contributed by atoms with Crippen LogP contribution in [-0.4, -0.2) is 35.8 Å². The summed E-state index contributed by atoms with van der Waals surface area (Å²) in [5, 5.41) is 2.88. The van der Waals surface area contributed by atoms with E-state index in [4.69, 9.17) is 0 Å². The fourth-order valence-corrected chi connectivity index (χ4v) is 2.49. The first-order valence-corrected chi connectivity index (χ1v) is 7.80. The van der Waals surface area contributed by atoms with Crippen molar-refractivity contribution in [3.63, 3.8) is 0 Å². The molecule has 0 spiro atoms. The van der Waals surface area contributed by atoms with E-state index in [1.807, 2.05) is 25.7 Å². The van der Waals surface area contributed by atoms with Crippen LogP contribution >= 0.6 is 0 Å². The monoisotopic (exact) mass is 282 g/mol. The average Bonchev–Trinajstić information content (AvgIpc) is 2.45. The molecule has 1 atom stereocenters. The lowest BCUT2D eigenvalue weighted by molar-refractivity contribution is -0.136. The number of unbranched alkanes of at least 4 members (excludes halogenated alkanes) is 1. The lowest BCUT2D eigenvalue weighted by Crippen LogP contribution is -2.52. The third-order valence-electron chi connectivity index (χ3n) is 3.80. The molecule has 0 radical (unpaired) electrons. The molecule has 1 unspecified atom stereocenters. The zero-order valence-corrected chi connectivity index (χ0v) is 13.7. The van der Waals surface area contributed by atoms with Gasteiger partial charge in [0.15, 0.2) is 0 Å². The van der Waals surface area contributed by atoms with Gasteiger partial charge in [-0.3, -0.25) is 9.59 Å². The number of carbonyl (C=O) groups excluding carboxylic acids is 2. The highest BCUT2D eigenvalue weighted by Gasteiger charge is 2.37. The van der Waals surface area contributed by atoms with E-state index >= 15 is 0 Å². The van der Waals surface area contributed by atoms with Gasteiger partial charge in [0.1, 0.15) is 6.04 Å². The molecule has 1 fully saturated rings. The van der Waals surface area contributed by atoms with Crippen LogP contribution in [0.1, 0.15) is 60.3 Å². The molecule has 1 rings (SSSR count). The Morgan fingerprint density at radius 3 is 2.45 bits per heavy atom. The van der Waals surface area contributed by atoms with Crippen molar-refractivity contribution in [2.75, 3.05) is 13.1 Å². The van der Waals surface area contributed by atoms with Gasteiger partial charge in [-0.1, -0.05) is 47.5 Å². The second-order valence-electron chi connectivity index (χ2n) is 7.33. The molecule has 116 valence electrons. The van der Waals surface area contributed by atoms with Crippen LogP contribution < -0.4 is 5.32 Å². The maximum Gasteiger partial charge on any atom is 0.245 e. The predicted octanol–water partition coefficient (Wildman–Crippen LogP) is 2.58. The van der Waals surface area contributed by atoms with Crippen molar-refractivity contribution in [1.29, 1.82) is 0 Å². The fourth-order valence-electron chi connectivity index (χ4n) is 2.49. The fraction of sp³-hybridized carbons (Fsp3) is 0.875. The van der Waals surface area contributed by atoms with Crippen molar-refractivity contribution in [1.82, 2.24) is 10.2 Å². The minimum absolute atomic E-state index is 0.0112. The average molecular weight is 282 g/mol. The van der Waals surface area contributed by atoms with Gasteiger partial charge in [-0.05, 0) is 17.8 Å². The molecule has 1 aliphatic rings. The highest BCUT2D eigenvalue weighted by atomic mass is 16.2. The number of nitrogens with one attached hydrogen (secondary N) is 1. The van der Waals surface area contributed by atoms with Gasteiger partial charge in [0.25, 0.3) is 0 Å². The number of carbonyl (C=O) groups is 2. The van der Waals surface area contributed by atoms with E-state index in [0.717, 1.165) is 19.4 Å². The smallest absolute Gasteiger partial charge is 0.245 e. The van der Waals surface area contributed by atoms with Crippen LogP contribution in [0, 0.1) is 11.3 Å². The van der Waals surface area contributed by atoms with E-state index in [1.165, 1.54) is 6.42 Å². The molecule has 0 aromatic carbocycles. The molecule has 0 saturated carbocycles. The van der Waals surface area contributed by atoms with Crippen molar-refractivity contribution < 1.29 is 9.59 Å². The lowest BCUT2D eigenvalue weighted by Gasteiger charge is -2.32. The zero-order chi connectivity index (χ0) is 15.3. The Balaban J connectivity index is 2.61. The normalized spacial score (nSPS) is 21.1. The number of hydrogen-bond acceptors (Lipinski definition) is 2. The number of hydrogen-bond donors (Lipinski definition) is 1. The van der Waals surface area contributed by atoms with Crippen LogP contribution in [0.5, 0.6) is 0 Å². The summed E-state index contributed by atoms with van der Waals surface area (Å²) in [6.07, 6.45) is 3.78. The molecule has 1 aliphatic heterocycles. The van der Waals surface area contributed by atoms with Gasteiger partial charge in [-0.15, -0.1) is 0 Å². The van der Waals surface area contributed by atoms with E-state index < -0.39 is 6.04 Å². The molecule has 4 nitrogen and oxygen atoms in total. The zero-order valence-electron chi connectivity index (χ0n) is 13.7. The third kappa shape index (κ3) is 5.14. The van der Waals surface area contributed by atoms with Crippen molar-refractivity contribution in [3.8, 4) is 0 Å². The van der Waals surface area contributed by atoms with Crippen molar-refractivity contribution in [2.24, 2.45) is 11.3 Å². The molecular weight excluding hydrogens is 252 g/mol. The van der Waals surface area contributed by atoms with Gasteiger partial charge >= 0.3 is 0 Å². The topological polar surface area (TPSA) is 49.4 Å². The Kier molecular flexibility index (Phi) is 6.03. The number of rotatable bonds is 5. The Bertz CT molecular complexity index is 345. The molecule has 1 N–H and O–H groups in total. The van der Waals surface area contributed by atoms with Crippen LogP contribution in [0.3, 0.4) is 0 Å². The van der Waals surface area contributed by atoms with E-state index in [-0.39, 0.29) is 17.2 Å². The first kappa shape index (κ1) is 17.0. The van der Waals surface area contributed by atoms with Crippen LogP contribution in [0.2, 0.25) is 0 Å². The summed E-state index contributed by atoms with van der Waals surface area (Å²) < 4.78 is 0. The third-order valence-corrected chi connectivity index (χ3v) is 3.80. The summed E-state index contributed by atoms with van der Waals surface area (Å²) >= 11 is 0. The molecule has 4 heteroatoms. The molecule has 2 amide bonds. The summed E-state index contributed by atoms with van der Waals surface area (Å²) in [7, 11) is 0. The molecule has 1 saturated heterocycles. The van der Waals surface area contributed by atoms with E-state index in [0.29, 0.717) is 18.9 Å². The second kappa shape index (κ2) is 7.09. The van der Waals surface area contributed by atoms with Crippen molar-refractivity contribution >= 4 is 11.8 Å². The van der Waals surface area contributed by atoms with Gasteiger partial charge < -0.3 is 10.2 Å². The number of amides is 2. The van der Waals surface area contributed by atoms with Crippen molar-refractivity contribution in [3.05, 3.63) is 0 Å². The Labute approximate surface area is 123 Å². The standard InChI is InChI=1S/C16H30N2O2/c1-12(2)8-6-7-10-18-11-9-13(19)17-14(15(18)20)16(3,4)5/h12,14H,6-11H2,1-5H3,(H,17,19). The minimum atomic E-state index is -0.400. The highest BCUT2D eigenvalue weighted by molar-refractivity contribution is 5.90. The summed E-state index contributed by atoms with van der Waals surface area (Å²) in [5.74, 6) is 0.774. The van der Waals surface area contributed by atoms with Gasteiger partial charge in [0.05, 0.1) is 0 Å². The van der Waals surface area contributed by atoms with E-state index in [9.17, 15) is 9.59 Å². The molecule has 0 bridgehead atoms. The molecule has 0 aliphatic carbocycles. The minimum Gasteiger partial charge on any atom is -0.344 e. The molecule has 20 heavy (non-hydrogen) atoms. The predicted molar refractivity (Wildman–Crippen MR) is 81.3 cm³/mol. The van der Waals surface area contributed by atoms with Crippen LogP contribution in [-0.2, 0) is 9.59 Å². The first-order valence-electron chi connectivity index (χ1n) is 7.80. The lowest BCUT2D eigenvalue weighted by atomic mass is 9.86. The second-order valence-corrected chi connectivity index (χ2v) is 7.33. The largest absolute Gasteiger partial charge is 0.344 e. The summed E-state index contributed by atoms with van der Waals surface area (Å²) in [5.41, 5.74) is -0.243. The quantitative estimate of drug-likeness (QED) is 0.788. The summed E-state index contributed by atoms with van der Waals surface area (Å²) in [6.45, 7) is 11.8. The van der Waals surface area contributed by atoms with E-state index in [2.05, 4.69) is 19.2 Å². The van der Waals surface area contributed by atoms with Gasteiger partial charge in [-0.25, -0.2) is 0 Å². The first-order chi connectivity index (χ1) is 9.21. The summed E-state index contributed by atoms with van der Waals surface area (Å²) in [4.78, 5) is 26.2. The maximum absolute atomic E-state index is 12.6. The van der Waals surface area contributed by atoms with Crippen LogP contribution in [0.4, 0.5) is 0 Å². The number of nitrogens with zero attached hydrogens (tertiary/aromatic N) is 1. The Hall–Kier alpha value is -1.06. The Morgan fingerprint density at radius 1 is 1.25 bits per heavy atom. The summed E-state index contributed by atoms with van der Waals surface area (Å²) in [6, 6.07) is -0.400. The van der Waals surface area contributed by atoms with Crippen molar-refractivity contribution in [2.45, 2.75) is 66.3 Å². The highest BCUT2D eigenvalue weighted by Crippen LogP contribution is 2.23. The van der Waals surface area contributed by atoms with Gasteiger partial charge in [0, 0.05) is 19.5 Å².